The van der Waals surface area contributed by atoms with Crippen LogP contribution in [0.3, 0.4) is 0 Å². The number of aryl methyl sites for hydroxylation is 1. The van der Waals surface area contributed by atoms with Gasteiger partial charge in [-0.05, 0) is 25.1 Å². The number of methoxy groups -OCH3 is 1. The Morgan fingerprint density at radius 1 is 1.24 bits per heavy atom. The summed E-state index contributed by atoms with van der Waals surface area (Å²) in [6, 6.07) is 12.0. The molecule has 5 heteroatoms. The molecular weight excluding hydrogens is 266 g/mol. The summed E-state index contributed by atoms with van der Waals surface area (Å²) in [7, 11) is 1.36. The van der Waals surface area contributed by atoms with Crippen LogP contribution >= 0.6 is 0 Å². The zero-order chi connectivity index (χ0) is 14.6. The summed E-state index contributed by atoms with van der Waals surface area (Å²) in [5.74, 6) is -0.424. The first-order chi connectivity index (χ1) is 10.2. The molecule has 0 fully saturated rings. The van der Waals surface area contributed by atoms with E-state index < -0.39 is 5.97 Å². The molecule has 1 N–H and O–H groups in total. The molecule has 4 aromatic rings. The van der Waals surface area contributed by atoms with Crippen molar-refractivity contribution in [1.82, 2.24) is 14.6 Å². The Kier molecular flexibility index (Phi) is 2.33. The van der Waals surface area contributed by atoms with Crippen molar-refractivity contribution in [3.63, 3.8) is 0 Å². The first-order valence-corrected chi connectivity index (χ1v) is 6.67. The Hall–Kier alpha value is -2.82. The highest BCUT2D eigenvalue weighted by molar-refractivity contribution is 6.09. The highest BCUT2D eigenvalue weighted by Crippen LogP contribution is 2.29. The highest BCUT2D eigenvalue weighted by Gasteiger charge is 2.15. The maximum Gasteiger partial charge on any atom is 0.358 e. The van der Waals surface area contributed by atoms with Gasteiger partial charge in [0.25, 0.3) is 0 Å². The molecule has 5 nitrogen and oxygen atoms in total. The van der Waals surface area contributed by atoms with Gasteiger partial charge in [0.1, 0.15) is 0 Å². The predicted molar refractivity (Wildman–Crippen MR) is 80.6 cm³/mol. The van der Waals surface area contributed by atoms with Crippen LogP contribution in [0.1, 0.15) is 16.2 Å². The lowest BCUT2D eigenvalue weighted by molar-refractivity contribution is 0.0593. The summed E-state index contributed by atoms with van der Waals surface area (Å²) in [6.45, 7) is 1.98. The zero-order valence-corrected chi connectivity index (χ0v) is 11.7. The van der Waals surface area contributed by atoms with Crippen LogP contribution in [0.2, 0.25) is 0 Å². The molecule has 0 spiro atoms. The molecule has 0 atom stereocenters. The number of pyridine rings is 1. The third-order valence-corrected chi connectivity index (χ3v) is 3.85. The Labute approximate surface area is 120 Å². The van der Waals surface area contributed by atoms with Gasteiger partial charge in [-0.15, -0.1) is 0 Å². The van der Waals surface area contributed by atoms with Gasteiger partial charge in [0.15, 0.2) is 5.69 Å². The molecule has 0 aliphatic heterocycles. The molecule has 0 bridgehead atoms. The van der Waals surface area contributed by atoms with Gasteiger partial charge in [-0.2, -0.15) is 5.10 Å². The number of carbonyl (C=O) groups excluding carboxylic acids is 1. The number of carbonyl (C=O) groups is 1. The van der Waals surface area contributed by atoms with Gasteiger partial charge in [0, 0.05) is 16.3 Å². The molecule has 0 saturated heterocycles. The molecule has 1 aromatic carbocycles. The van der Waals surface area contributed by atoms with Crippen LogP contribution in [0.15, 0.2) is 36.4 Å². The van der Waals surface area contributed by atoms with E-state index in [0.29, 0.717) is 5.69 Å². The predicted octanol–water partition coefficient (Wildman–Crippen LogP) is 3.06. The van der Waals surface area contributed by atoms with Crippen LogP contribution in [0.4, 0.5) is 0 Å². The highest BCUT2D eigenvalue weighted by atomic mass is 16.5. The number of ether oxygens (including phenoxy) is 1. The summed E-state index contributed by atoms with van der Waals surface area (Å²) in [5.41, 5.74) is 4.29. The van der Waals surface area contributed by atoms with Crippen LogP contribution in [0, 0.1) is 6.92 Å². The lowest BCUT2D eigenvalue weighted by Gasteiger charge is -2.01. The van der Waals surface area contributed by atoms with E-state index in [2.05, 4.69) is 22.2 Å². The zero-order valence-electron chi connectivity index (χ0n) is 11.7. The van der Waals surface area contributed by atoms with Gasteiger partial charge in [0.2, 0.25) is 0 Å². The number of para-hydroxylation sites is 1. The Morgan fingerprint density at radius 2 is 2.05 bits per heavy atom. The minimum atomic E-state index is -0.424. The number of esters is 1. The fourth-order valence-corrected chi connectivity index (χ4v) is 2.82. The van der Waals surface area contributed by atoms with Crippen molar-refractivity contribution in [3.05, 3.63) is 47.8 Å². The maximum atomic E-state index is 11.6. The van der Waals surface area contributed by atoms with Crippen molar-refractivity contribution in [2.75, 3.05) is 7.11 Å². The van der Waals surface area contributed by atoms with E-state index in [1.54, 1.807) is 10.6 Å². The number of hydrogen-bond acceptors (Lipinski definition) is 3. The lowest BCUT2D eigenvalue weighted by Crippen LogP contribution is -2.03. The molecule has 4 rings (SSSR count). The molecule has 0 amide bonds. The summed E-state index contributed by atoms with van der Waals surface area (Å²) in [4.78, 5) is 15.0. The normalized spacial score (nSPS) is 11.5. The van der Waals surface area contributed by atoms with E-state index in [1.807, 2.05) is 25.1 Å². The largest absolute Gasteiger partial charge is 0.464 e. The van der Waals surface area contributed by atoms with Crippen LogP contribution in [-0.2, 0) is 4.74 Å². The van der Waals surface area contributed by atoms with E-state index in [9.17, 15) is 4.79 Å². The van der Waals surface area contributed by atoms with Crippen molar-refractivity contribution in [2.45, 2.75) is 6.92 Å². The monoisotopic (exact) mass is 279 g/mol. The van der Waals surface area contributed by atoms with Gasteiger partial charge >= 0.3 is 5.97 Å². The van der Waals surface area contributed by atoms with E-state index in [0.717, 1.165) is 27.6 Å². The summed E-state index contributed by atoms with van der Waals surface area (Å²) in [6.07, 6.45) is 0. The smallest absolute Gasteiger partial charge is 0.358 e. The Bertz CT molecular complexity index is 1010. The van der Waals surface area contributed by atoms with Gasteiger partial charge in [-0.25, -0.2) is 9.31 Å². The topological polar surface area (TPSA) is 59.4 Å². The fourth-order valence-electron chi connectivity index (χ4n) is 2.82. The van der Waals surface area contributed by atoms with Crippen LogP contribution in [0.5, 0.6) is 0 Å². The maximum absolute atomic E-state index is 11.6. The van der Waals surface area contributed by atoms with Crippen LogP contribution in [-0.4, -0.2) is 27.7 Å². The van der Waals surface area contributed by atoms with Crippen molar-refractivity contribution in [1.29, 1.82) is 0 Å². The van der Waals surface area contributed by atoms with Gasteiger partial charge in [-0.1, -0.05) is 18.2 Å². The number of fused-ring (bicyclic) bond motifs is 4. The standard InChI is InChI=1S/C16H13N3O2/c1-9-15-12(11-5-3-4-6-13(11)17-15)7-10-8-14(16(20)21-2)18-19(9)10/h3-8,17H,1-2H3. The summed E-state index contributed by atoms with van der Waals surface area (Å²) < 4.78 is 6.50. The molecule has 21 heavy (non-hydrogen) atoms. The molecule has 104 valence electrons. The van der Waals surface area contributed by atoms with Gasteiger partial charge in [-0.3, -0.25) is 0 Å². The minimum Gasteiger partial charge on any atom is -0.464 e. The van der Waals surface area contributed by atoms with Gasteiger partial charge in [0.05, 0.1) is 23.8 Å². The second-order valence-corrected chi connectivity index (χ2v) is 5.05. The molecule has 0 unspecified atom stereocenters. The third kappa shape index (κ3) is 1.57. The van der Waals surface area contributed by atoms with E-state index in [1.165, 1.54) is 12.5 Å². The number of benzene rings is 1. The third-order valence-electron chi connectivity index (χ3n) is 3.85. The summed E-state index contributed by atoms with van der Waals surface area (Å²) in [5, 5.41) is 6.62. The number of nitrogens with one attached hydrogen (secondary N) is 1. The van der Waals surface area contributed by atoms with Crippen molar-refractivity contribution >= 4 is 33.3 Å². The average molecular weight is 279 g/mol. The van der Waals surface area contributed by atoms with E-state index in [-0.39, 0.29) is 0 Å². The Balaban J connectivity index is 2.12. The average Bonchev–Trinajstić information content (AvgIpc) is 3.09. The van der Waals surface area contributed by atoms with Crippen LogP contribution < -0.4 is 0 Å². The number of aromatic amines is 1. The second-order valence-electron chi connectivity index (χ2n) is 5.05. The van der Waals surface area contributed by atoms with Crippen molar-refractivity contribution < 1.29 is 9.53 Å². The first-order valence-electron chi connectivity index (χ1n) is 6.67. The molecule has 3 heterocycles. The molecule has 0 radical (unpaired) electrons. The number of nitrogens with zero attached hydrogens (tertiary/aromatic N) is 2. The molecule has 0 saturated carbocycles. The number of hydrogen-bond donors (Lipinski definition) is 1. The van der Waals surface area contributed by atoms with Crippen molar-refractivity contribution in [2.24, 2.45) is 0 Å². The number of rotatable bonds is 1. The SMILES string of the molecule is COC(=O)c1cc2cc3c([nH]c4ccccc43)c(C)n2n1. The molecule has 0 aliphatic carbocycles. The van der Waals surface area contributed by atoms with E-state index in [4.69, 9.17) is 4.74 Å². The number of H-pyrrole nitrogens is 1. The quantitative estimate of drug-likeness (QED) is 0.545. The second kappa shape index (κ2) is 4.09. The molecule has 0 aliphatic rings. The minimum absolute atomic E-state index is 0.317. The van der Waals surface area contributed by atoms with Crippen molar-refractivity contribution in [3.8, 4) is 0 Å². The lowest BCUT2D eigenvalue weighted by atomic mass is 10.1. The summed E-state index contributed by atoms with van der Waals surface area (Å²) >= 11 is 0. The fraction of sp³-hybridized carbons (Fsp3) is 0.125. The number of aromatic nitrogens is 3. The van der Waals surface area contributed by atoms with E-state index >= 15 is 0 Å². The molecule has 3 aromatic heterocycles. The first kappa shape index (κ1) is 12.0. The van der Waals surface area contributed by atoms with Crippen LogP contribution in [0.25, 0.3) is 27.3 Å². The Morgan fingerprint density at radius 3 is 2.86 bits per heavy atom. The molecular formula is C16H13N3O2. The van der Waals surface area contributed by atoms with Gasteiger partial charge < -0.3 is 9.72 Å².